The van der Waals surface area contributed by atoms with Crippen molar-refractivity contribution in [3.63, 3.8) is 0 Å². The second-order valence-electron chi connectivity index (χ2n) is 6.36. The van der Waals surface area contributed by atoms with Gasteiger partial charge < -0.3 is 9.80 Å². The Morgan fingerprint density at radius 3 is 2.68 bits per heavy atom. The summed E-state index contributed by atoms with van der Waals surface area (Å²) in [6.07, 6.45) is 7.66. The van der Waals surface area contributed by atoms with E-state index in [0.29, 0.717) is 11.9 Å². The van der Waals surface area contributed by atoms with Crippen molar-refractivity contribution in [2.75, 3.05) is 38.6 Å². The number of likely N-dealkylation sites (tertiary alicyclic amines) is 2. The number of hydrogen-bond donors (Lipinski definition) is 0. The van der Waals surface area contributed by atoms with E-state index >= 15 is 0 Å². The topological polar surface area (TPSA) is 52.6 Å². The van der Waals surface area contributed by atoms with E-state index in [0.717, 1.165) is 51.1 Å². The molecule has 0 radical (unpaired) electrons. The smallest absolute Gasteiger partial charge is 0.239 e. The van der Waals surface area contributed by atoms with Crippen molar-refractivity contribution in [3.05, 3.63) is 18.6 Å². The van der Waals surface area contributed by atoms with Gasteiger partial charge in [0.05, 0.1) is 6.04 Å². The number of likely N-dealkylation sites (N-methyl/N-ethyl adjacent to an activating group) is 1. The normalized spacial score (nSPS) is 24.5. The lowest BCUT2D eigenvalue weighted by molar-refractivity contribution is -0.139. The number of carbonyl (C=O) groups excluding carboxylic acids is 1. The van der Waals surface area contributed by atoms with Crippen LogP contribution < -0.4 is 4.90 Å². The molecule has 1 atom stereocenters. The number of nitrogens with zero attached hydrogens (tertiary/aromatic N) is 5. The minimum Gasteiger partial charge on any atom is -0.356 e. The molecule has 3 rings (SSSR count). The van der Waals surface area contributed by atoms with Gasteiger partial charge in [0.15, 0.2) is 0 Å². The van der Waals surface area contributed by atoms with Gasteiger partial charge in [-0.25, -0.2) is 9.97 Å². The summed E-state index contributed by atoms with van der Waals surface area (Å²) in [7, 11) is 4.02. The summed E-state index contributed by atoms with van der Waals surface area (Å²) in [6, 6.07) is 2.54. The van der Waals surface area contributed by atoms with E-state index in [1.807, 2.05) is 18.0 Å². The zero-order valence-electron chi connectivity index (χ0n) is 13.5. The molecule has 2 fully saturated rings. The predicted octanol–water partition coefficient (Wildman–Crippen LogP) is 0.998. The van der Waals surface area contributed by atoms with Crippen LogP contribution in [0.5, 0.6) is 0 Å². The van der Waals surface area contributed by atoms with Crippen LogP contribution in [0.2, 0.25) is 0 Å². The second-order valence-corrected chi connectivity index (χ2v) is 6.36. The standard InChI is InChI=1S/C16H25N5O/c1-19-9-3-4-14(16(19)22)21-10-6-13(7-11-21)20(2)15-5-8-17-12-18-15/h5,8,12-14H,3-4,6-7,9-11H2,1-2H3. The summed E-state index contributed by atoms with van der Waals surface area (Å²) in [5, 5.41) is 0. The van der Waals surface area contributed by atoms with Crippen LogP contribution in [0.15, 0.2) is 18.6 Å². The van der Waals surface area contributed by atoms with E-state index in [-0.39, 0.29) is 6.04 Å². The highest BCUT2D eigenvalue weighted by Gasteiger charge is 2.34. The van der Waals surface area contributed by atoms with Crippen molar-refractivity contribution in [2.24, 2.45) is 0 Å². The Bertz CT molecular complexity index is 501. The van der Waals surface area contributed by atoms with Gasteiger partial charge in [-0.15, -0.1) is 0 Å². The molecular formula is C16H25N5O. The monoisotopic (exact) mass is 303 g/mol. The Balaban J connectivity index is 1.57. The number of piperidine rings is 2. The van der Waals surface area contributed by atoms with Gasteiger partial charge in [-0.1, -0.05) is 0 Å². The van der Waals surface area contributed by atoms with Crippen molar-refractivity contribution < 1.29 is 4.79 Å². The van der Waals surface area contributed by atoms with Gasteiger partial charge >= 0.3 is 0 Å². The minimum atomic E-state index is 0.101. The van der Waals surface area contributed by atoms with Crippen molar-refractivity contribution in [1.82, 2.24) is 19.8 Å². The average Bonchev–Trinajstić information content (AvgIpc) is 2.58. The lowest BCUT2D eigenvalue weighted by atomic mass is 9.97. The summed E-state index contributed by atoms with van der Waals surface area (Å²) in [4.78, 5) is 27.1. The van der Waals surface area contributed by atoms with E-state index in [9.17, 15) is 4.79 Å². The molecule has 1 amide bonds. The van der Waals surface area contributed by atoms with Crippen LogP contribution in [0.4, 0.5) is 5.82 Å². The van der Waals surface area contributed by atoms with Crippen LogP contribution in [0.1, 0.15) is 25.7 Å². The molecule has 2 aliphatic rings. The molecule has 2 saturated heterocycles. The zero-order chi connectivity index (χ0) is 15.5. The Labute approximate surface area is 132 Å². The van der Waals surface area contributed by atoms with E-state index in [4.69, 9.17) is 0 Å². The third-order valence-electron chi connectivity index (χ3n) is 5.05. The molecule has 1 unspecified atom stereocenters. The molecular weight excluding hydrogens is 278 g/mol. The van der Waals surface area contributed by atoms with E-state index in [2.05, 4.69) is 26.8 Å². The third kappa shape index (κ3) is 3.06. The maximum atomic E-state index is 12.3. The van der Waals surface area contributed by atoms with Crippen LogP contribution in [-0.4, -0.2) is 71.5 Å². The largest absolute Gasteiger partial charge is 0.356 e. The van der Waals surface area contributed by atoms with Crippen molar-refractivity contribution in [1.29, 1.82) is 0 Å². The number of hydrogen-bond acceptors (Lipinski definition) is 5. The molecule has 22 heavy (non-hydrogen) atoms. The van der Waals surface area contributed by atoms with Crippen LogP contribution in [0.25, 0.3) is 0 Å². The van der Waals surface area contributed by atoms with Gasteiger partial charge in [-0.3, -0.25) is 9.69 Å². The number of amides is 1. The first-order valence-electron chi connectivity index (χ1n) is 8.14. The molecule has 3 heterocycles. The maximum absolute atomic E-state index is 12.3. The molecule has 0 N–H and O–H groups in total. The number of aromatic nitrogens is 2. The molecule has 0 aliphatic carbocycles. The summed E-state index contributed by atoms with van der Waals surface area (Å²) in [5.74, 6) is 1.27. The van der Waals surface area contributed by atoms with Gasteiger partial charge in [0, 0.05) is 46.0 Å². The Hall–Kier alpha value is -1.69. The van der Waals surface area contributed by atoms with Crippen molar-refractivity contribution in [2.45, 2.75) is 37.8 Å². The zero-order valence-corrected chi connectivity index (χ0v) is 13.5. The highest BCUT2D eigenvalue weighted by atomic mass is 16.2. The fraction of sp³-hybridized carbons (Fsp3) is 0.688. The Morgan fingerprint density at radius 1 is 1.23 bits per heavy atom. The summed E-state index contributed by atoms with van der Waals surface area (Å²) in [5.41, 5.74) is 0. The molecule has 6 heteroatoms. The third-order valence-corrected chi connectivity index (χ3v) is 5.05. The van der Waals surface area contributed by atoms with Gasteiger partial charge in [0.2, 0.25) is 5.91 Å². The number of carbonyl (C=O) groups is 1. The predicted molar refractivity (Wildman–Crippen MR) is 85.7 cm³/mol. The van der Waals surface area contributed by atoms with Crippen molar-refractivity contribution in [3.8, 4) is 0 Å². The van der Waals surface area contributed by atoms with Crippen LogP contribution >= 0.6 is 0 Å². The van der Waals surface area contributed by atoms with Gasteiger partial charge in [-0.2, -0.15) is 0 Å². The SMILES string of the molecule is CN1CCCC(N2CCC(N(C)c3ccncn3)CC2)C1=O. The first kappa shape index (κ1) is 15.2. The van der Waals surface area contributed by atoms with Crippen LogP contribution in [-0.2, 0) is 4.79 Å². The minimum absolute atomic E-state index is 0.101. The van der Waals surface area contributed by atoms with Crippen LogP contribution in [0, 0.1) is 0 Å². The first-order valence-corrected chi connectivity index (χ1v) is 8.14. The highest BCUT2D eigenvalue weighted by Crippen LogP contribution is 2.24. The van der Waals surface area contributed by atoms with E-state index in [1.165, 1.54) is 0 Å². The molecule has 120 valence electrons. The molecule has 0 spiro atoms. The molecule has 1 aromatic rings. The number of anilines is 1. The molecule has 0 bridgehead atoms. The Kier molecular flexibility index (Phi) is 4.57. The maximum Gasteiger partial charge on any atom is 0.239 e. The second kappa shape index (κ2) is 6.60. The van der Waals surface area contributed by atoms with E-state index < -0.39 is 0 Å². The average molecular weight is 303 g/mol. The van der Waals surface area contributed by atoms with Gasteiger partial charge in [0.1, 0.15) is 12.1 Å². The van der Waals surface area contributed by atoms with Gasteiger partial charge in [0.25, 0.3) is 0 Å². The first-order chi connectivity index (χ1) is 10.7. The summed E-state index contributed by atoms with van der Waals surface area (Å²) >= 11 is 0. The lowest BCUT2D eigenvalue weighted by Crippen LogP contribution is -2.55. The van der Waals surface area contributed by atoms with Crippen LogP contribution in [0.3, 0.4) is 0 Å². The van der Waals surface area contributed by atoms with Crippen molar-refractivity contribution >= 4 is 11.7 Å². The molecule has 2 aliphatic heterocycles. The van der Waals surface area contributed by atoms with E-state index in [1.54, 1.807) is 12.5 Å². The molecule has 6 nitrogen and oxygen atoms in total. The number of rotatable bonds is 3. The molecule has 1 aromatic heterocycles. The quantitative estimate of drug-likeness (QED) is 0.834. The summed E-state index contributed by atoms with van der Waals surface area (Å²) < 4.78 is 0. The Morgan fingerprint density at radius 2 is 2.00 bits per heavy atom. The molecule has 0 saturated carbocycles. The lowest BCUT2D eigenvalue weighted by Gasteiger charge is -2.42. The highest BCUT2D eigenvalue weighted by molar-refractivity contribution is 5.82. The fourth-order valence-electron chi connectivity index (χ4n) is 3.61. The fourth-order valence-corrected chi connectivity index (χ4v) is 3.61. The van der Waals surface area contributed by atoms with Gasteiger partial charge in [-0.05, 0) is 31.7 Å². The summed E-state index contributed by atoms with van der Waals surface area (Å²) in [6.45, 7) is 2.89. The molecule has 0 aromatic carbocycles.